The SMILES string of the molecule is Cl.O=C1c2c(Cl)cccc2-n2cnc(-c3nc(CN4CCCC4)cs3)c2[C@@H]2CCCN12. The molecule has 2 aromatic heterocycles. The Labute approximate surface area is 196 Å². The van der Waals surface area contributed by atoms with Crippen LogP contribution in [-0.2, 0) is 6.54 Å². The predicted molar refractivity (Wildman–Crippen MR) is 124 cm³/mol. The third kappa shape index (κ3) is 3.39. The second-order valence-electron chi connectivity index (χ2n) is 8.27. The molecule has 0 radical (unpaired) electrons. The molecule has 3 aliphatic rings. The van der Waals surface area contributed by atoms with Crippen molar-refractivity contribution < 1.29 is 4.79 Å². The van der Waals surface area contributed by atoms with E-state index >= 15 is 0 Å². The Morgan fingerprint density at radius 3 is 2.84 bits per heavy atom. The maximum atomic E-state index is 13.3. The van der Waals surface area contributed by atoms with Gasteiger partial charge in [0.15, 0.2) is 0 Å². The maximum absolute atomic E-state index is 13.3. The minimum Gasteiger partial charge on any atom is -0.330 e. The Bertz CT molecular complexity index is 1140. The molecule has 0 N–H and O–H groups in total. The number of likely N-dealkylation sites (tertiary alicyclic amines) is 1. The number of carbonyl (C=O) groups excluding carboxylic acids is 1. The number of halogens is 2. The van der Waals surface area contributed by atoms with Crippen molar-refractivity contribution in [3.63, 3.8) is 0 Å². The number of nitrogens with zero attached hydrogens (tertiary/aromatic N) is 5. The molecule has 6 rings (SSSR count). The molecule has 31 heavy (non-hydrogen) atoms. The molecule has 0 aliphatic carbocycles. The Kier molecular flexibility index (Phi) is 5.54. The van der Waals surface area contributed by atoms with Crippen molar-refractivity contribution in [2.75, 3.05) is 19.6 Å². The highest BCUT2D eigenvalue weighted by molar-refractivity contribution is 7.13. The van der Waals surface area contributed by atoms with Crippen LogP contribution in [0.25, 0.3) is 16.4 Å². The van der Waals surface area contributed by atoms with Crippen molar-refractivity contribution in [1.29, 1.82) is 0 Å². The smallest absolute Gasteiger partial charge is 0.258 e. The Hall–Kier alpha value is -1.93. The number of benzene rings is 1. The average Bonchev–Trinajstić information content (AvgIpc) is 3.52. The summed E-state index contributed by atoms with van der Waals surface area (Å²) in [4.78, 5) is 27.5. The van der Waals surface area contributed by atoms with Crippen molar-refractivity contribution in [3.05, 3.63) is 51.9 Å². The highest BCUT2D eigenvalue weighted by Crippen LogP contribution is 2.44. The molecule has 1 amide bonds. The molecule has 6 nitrogen and oxygen atoms in total. The number of fused-ring (bicyclic) bond motifs is 5. The van der Waals surface area contributed by atoms with E-state index in [0.717, 1.165) is 66.8 Å². The van der Waals surface area contributed by atoms with Crippen molar-refractivity contribution in [2.24, 2.45) is 0 Å². The second kappa shape index (κ2) is 8.20. The summed E-state index contributed by atoms with van der Waals surface area (Å²) in [5.41, 5.74) is 4.44. The molecule has 5 heterocycles. The highest BCUT2D eigenvalue weighted by atomic mass is 35.5. The number of hydrogen-bond donors (Lipinski definition) is 0. The van der Waals surface area contributed by atoms with Gasteiger partial charge < -0.3 is 4.90 Å². The zero-order chi connectivity index (χ0) is 20.2. The van der Waals surface area contributed by atoms with Crippen LogP contribution in [0, 0.1) is 0 Å². The van der Waals surface area contributed by atoms with Crippen molar-refractivity contribution in [3.8, 4) is 16.4 Å². The quantitative estimate of drug-likeness (QED) is 0.537. The fourth-order valence-corrected chi connectivity index (χ4v) is 6.12. The number of carbonyl (C=O) groups is 1. The minimum absolute atomic E-state index is 0. The fourth-order valence-electron chi connectivity index (χ4n) is 5.05. The summed E-state index contributed by atoms with van der Waals surface area (Å²) < 4.78 is 2.06. The van der Waals surface area contributed by atoms with Crippen LogP contribution in [0.3, 0.4) is 0 Å². The van der Waals surface area contributed by atoms with Crippen LogP contribution < -0.4 is 0 Å². The Morgan fingerprint density at radius 2 is 2.00 bits per heavy atom. The first-order chi connectivity index (χ1) is 14.7. The van der Waals surface area contributed by atoms with Gasteiger partial charge in [-0.15, -0.1) is 23.7 Å². The van der Waals surface area contributed by atoms with Gasteiger partial charge in [0.2, 0.25) is 0 Å². The largest absolute Gasteiger partial charge is 0.330 e. The normalized spacial score (nSPS) is 20.2. The van der Waals surface area contributed by atoms with Gasteiger partial charge in [0.25, 0.3) is 5.91 Å². The zero-order valence-corrected chi connectivity index (χ0v) is 19.3. The van der Waals surface area contributed by atoms with E-state index in [4.69, 9.17) is 21.6 Å². The summed E-state index contributed by atoms with van der Waals surface area (Å²) in [5, 5.41) is 3.58. The van der Waals surface area contributed by atoms with Gasteiger partial charge in [0.05, 0.1) is 33.7 Å². The van der Waals surface area contributed by atoms with Crippen LogP contribution in [0.4, 0.5) is 0 Å². The van der Waals surface area contributed by atoms with Gasteiger partial charge in [-0.3, -0.25) is 14.3 Å². The molecule has 0 saturated carbocycles. The van der Waals surface area contributed by atoms with Crippen LogP contribution in [0.5, 0.6) is 0 Å². The van der Waals surface area contributed by atoms with Crippen LogP contribution in [0.15, 0.2) is 29.9 Å². The van der Waals surface area contributed by atoms with Gasteiger partial charge in [-0.1, -0.05) is 17.7 Å². The van der Waals surface area contributed by atoms with E-state index in [1.54, 1.807) is 17.4 Å². The van der Waals surface area contributed by atoms with Gasteiger partial charge in [0.1, 0.15) is 17.0 Å². The zero-order valence-electron chi connectivity index (χ0n) is 17.0. The number of thiazole rings is 1. The first-order valence-electron chi connectivity index (χ1n) is 10.5. The lowest BCUT2D eigenvalue weighted by atomic mass is 10.1. The summed E-state index contributed by atoms with van der Waals surface area (Å²) in [5.74, 6) is 0.0154. The van der Waals surface area contributed by atoms with Gasteiger partial charge in [-0.2, -0.15) is 0 Å². The first kappa shape index (κ1) is 20.9. The molecule has 1 atom stereocenters. The molecule has 0 bridgehead atoms. The third-order valence-corrected chi connectivity index (χ3v) is 7.65. The van der Waals surface area contributed by atoms with Crippen LogP contribution >= 0.6 is 35.3 Å². The van der Waals surface area contributed by atoms with E-state index in [1.165, 1.54) is 12.8 Å². The van der Waals surface area contributed by atoms with Crippen LogP contribution in [-0.4, -0.2) is 49.9 Å². The lowest BCUT2D eigenvalue weighted by Crippen LogP contribution is -2.29. The average molecular weight is 476 g/mol. The van der Waals surface area contributed by atoms with Gasteiger partial charge >= 0.3 is 0 Å². The lowest BCUT2D eigenvalue weighted by molar-refractivity contribution is 0.0739. The standard InChI is InChI=1S/C22H22ClN5OS.ClH/c23-15-5-3-6-16-18(15)22(29)27-10-4-7-17(27)20-19(24-13-28(16)20)21-25-14(12-30-21)11-26-8-1-2-9-26;/h3,5-6,12-13,17H,1-2,4,7-11H2;1H/t17-;/m0./s1. The minimum atomic E-state index is 0. The predicted octanol–water partition coefficient (Wildman–Crippen LogP) is 4.96. The lowest BCUT2D eigenvalue weighted by Gasteiger charge is -2.23. The molecule has 3 aliphatic heterocycles. The summed E-state index contributed by atoms with van der Waals surface area (Å²) in [6, 6.07) is 5.64. The summed E-state index contributed by atoms with van der Waals surface area (Å²) in [6.07, 6.45) is 6.30. The molecule has 2 saturated heterocycles. The van der Waals surface area contributed by atoms with Crippen molar-refractivity contribution in [1.82, 2.24) is 24.3 Å². The van der Waals surface area contributed by atoms with Crippen LogP contribution in [0.2, 0.25) is 5.02 Å². The summed E-state index contributed by atoms with van der Waals surface area (Å²) in [7, 11) is 0. The van der Waals surface area contributed by atoms with E-state index < -0.39 is 0 Å². The molecule has 162 valence electrons. The van der Waals surface area contributed by atoms with E-state index in [1.807, 2.05) is 23.4 Å². The highest BCUT2D eigenvalue weighted by Gasteiger charge is 2.40. The molecule has 0 spiro atoms. The molecule has 9 heteroatoms. The van der Waals surface area contributed by atoms with E-state index in [2.05, 4.69) is 14.8 Å². The molecular weight excluding hydrogens is 453 g/mol. The van der Waals surface area contributed by atoms with Crippen molar-refractivity contribution in [2.45, 2.75) is 38.3 Å². The topological polar surface area (TPSA) is 54.3 Å². The Balaban J connectivity index is 0.00000204. The van der Waals surface area contributed by atoms with Gasteiger partial charge in [-0.05, 0) is 50.9 Å². The summed E-state index contributed by atoms with van der Waals surface area (Å²) in [6.45, 7) is 3.96. The van der Waals surface area contributed by atoms with Gasteiger partial charge in [-0.25, -0.2) is 9.97 Å². The Morgan fingerprint density at radius 1 is 1.16 bits per heavy atom. The molecule has 2 fully saturated rings. The molecule has 3 aromatic rings. The maximum Gasteiger partial charge on any atom is 0.258 e. The first-order valence-corrected chi connectivity index (χ1v) is 11.8. The summed E-state index contributed by atoms with van der Waals surface area (Å²) >= 11 is 8.12. The van der Waals surface area contributed by atoms with Crippen LogP contribution in [0.1, 0.15) is 53.5 Å². The van der Waals surface area contributed by atoms with E-state index in [-0.39, 0.29) is 24.4 Å². The van der Waals surface area contributed by atoms with Gasteiger partial charge in [0, 0.05) is 18.5 Å². The van der Waals surface area contributed by atoms with Crippen molar-refractivity contribution >= 4 is 41.3 Å². The molecule has 0 unspecified atom stereocenters. The monoisotopic (exact) mass is 475 g/mol. The number of rotatable bonds is 3. The van der Waals surface area contributed by atoms with E-state index in [9.17, 15) is 4.79 Å². The second-order valence-corrected chi connectivity index (χ2v) is 9.53. The number of hydrogen-bond acceptors (Lipinski definition) is 5. The molecule has 1 aromatic carbocycles. The number of aromatic nitrogens is 3. The molecular formula is C22H23Cl2N5OS. The number of amides is 1. The fraction of sp³-hybridized carbons (Fsp3) is 0.409. The number of imidazole rings is 1. The third-order valence-electron chi connectivity index (χ3n) is 6.44. The van der Waals surface area contributed by atoms with E-state index in [0.29, 0.717) is 10.6 Å².